The van der Waals surface area contributed by atoms with Gasteiger partial charge in [-0.25, -0.2) is 0 Å². The summed E-state index contributed by atoms with van der Waals surface area (Å²) in [5.74, 6) is 3.00. The second kappa shape index (κ2) is 35.0. The third-order valence-corrected chi connectivity index (χ3v) is 21.7. The van der Waals surface area contributed by atoms with Crippen molar-refractivity contribution in [2.45, 2.75) is 252 Å². The smallest absolute Gasteiger partial charge is 0.369 e. The van der Waals surface area contributed by atoms with Gasteiger partial charge in [-0.2, -0.15) is 13.2 Å². The first-order valence-electron chi connectivity index (χ1n) is 35.3. The van der Waals surface area contributed by atoms with E-state index in [-0.39, 0.29) is 64.8 Å². The number of hydrogen-bond donors (Lipinski definition) is 6. The lowest BCUT2D eigenvalue weighted by Gasteiger charge is -2.56. The van der Waals surface area contributed by atoms with Crippen molar-refractivity contribution < 1.29 is 18.0 Å². The Morgan fingerprint density at radius 1 is 0.854 bits per heavy atom. The highest BCUT2D eigenvalue weighted by atomic mass is 35.5. The fraction of sp³-hybridized carbons (Fsp3) is 0.778. The summed E-state index contributed by atoms with van der Waals surface area (Å²) < 4.78 is 41.0. The normalized spacial score (nSPS) is 29.5. The van der Waals surface area contributed by atoms with Gasteiger partial charge in [0.2, 0.25) is 5.91 Å². The van der Waals surface area contributed by atoms with Gasteiger partial charge in [0.1, 0.15) is 0 Å². The first-order chi connectivity index (χ1) is 42.4. The number of likely N-dealkylation sites (tertiary alicyclic amines) is 1. The van der Waals surface area contributed by atoms with Crippen LogP contribution in [-0.2, 0) is 17.4 Å². The maximum absolute atomic E-state index is 14.7. The van der Waals surface area contributed by atoms with E-state index in [0.29, 0.717) is 54.9 Å². The second-order valence-electron chi connectivity index (χ2n) is 29.3. The average Bonchev–Trinajstić information content (AvgIpc) is 1.67. The maximum Gasteiger partial charge on any atom is 0.417 e. The standard InChI is InChI=1S/C72H122ClF3N12O/c1-14-53(7)67-44-81-66(41-50(2)3)55(9)80-45-68-63(70(89)86-38-29-52(6)30-39-86)48-88(68)69(51(4)5)56(10)83-71(31-18-19-32-71)49-78-35-34-77-33-28-60(26-24-59-25-27-64(65(73)43-59)72(74,75)76)79-36-40-84(12)46-62(42-58-21-16-15-17-22-58)85(13)47-61-23-20-37-87(61)57(11)54(8)82-67/h25,27-28,33,36,40,43,46-47,50-58,63,66-69,78-83H,14-24,26,29-32,34-35,37-39,41-42,44-45,48-49H2,1-13H3/t53-,54?,55?,56?,57-,63-,66-,67+,68?,69-/m0/s1. The molecule has 13 nitrogen and oxygen atoms in total. The van der Waals surface area contributed by atoms with Crippen LogP contribution >= 0.6 is 11.6 Å². The molecule has 1 aromatic rings. The van der Waals surface area contributed by atoms with Crippen molar-refractivity contribution in [2.75, 3.05) is 73.0 Å². The molecule has 2 saturated carbocycles. The lowest BCUT2D eigenvalue weighted by molar-refractivity contribution is -0.151. The summed E-state index contributed by atoms with van der Waals surface area (Å²) in [5.41, 5.74) is 3.44. The lowest BCUT2D eigenvalue weighted by atomic mass is 9.80. The molecule has 1 spiro atoms. The number of nitrogens with one attached hydrogen (secondary N) is 6. The van der Waals surface area contributed by atoms with Crippen molar-refractivity contribution in [3.05, 3.63) is 82.3 Å². The van der Waals surface area contributed by atoms with Crippen LogP contribution in [0.1, 0.15) is 196 Å². The van der Waals surface area contributed by atoms with Crippen LogP contribution in [0, 0.1) is 35.5 Å². The number of benzene rings is 1. The van der Waals surface area contributed by atoms with E-state index in [4.69, 9.17) is 16.6 Å². The Morgan fingerprint density at radius 2 is 1.58 bits per heavy atom. The molecule has 4 aliphatic heterocycles. The van der Waals surface area contributed by atoms with Crippen molar-refractivity contribution in [1.29, 1.82) is 0 Å². The molecule has 4 heterocycles. The zero-order valence-corrected chi connectivity index (χ0v) is 58.2. The summed E-state index contributed by atoms with van der Waals surface area (Å²) in [6.07, 6.45) is 27.6. The summed E-state index contributed by atoms with van der Waals surface area (Å²) >= 11 is 6.20. The van der Waals surface area contributed by atoms with Gasteiger partial charge in [-0.1, -0.05) is 118 Å². The van der Waals surface area contributed by atoms with E-state index in [1.54, 1.807) is 0 Å². The van der Waals surface area contributed by atoms with E-state index >= 15 is 0 Å². The Morgan fingerprint density at radius 3 is 2.26 bits per heavy atom. The topological polar surface area (TPSA) is 118 Å². The minimum Gasteiger partial charge on any atom is -0.369 e. The summed E-state index contributed by atoms with van der Waals surface area (Å²) in [4.78, 5) is 31.6. The molecule has 2 aliphatic carbocycles. The third-order valence-electron chi connectivity index (χ3n) is 21.4. The first-order valence-corrected chi connectivity index (χ1v) is 35.7. The number of carbonyl (C=O) groups is 1. The zero-order chi connectivity index (χ0) is 64.4. The van der Waals surface area contributed by atoms with E-state index in [1.165, 1.54) is 68.5 Å². The van der Waals surface area contributed by atoms with Crippen molar-refractivity contribution in [3.63, 3.8) is 0 Å². The molecule has 0 radical (unpaired) electrons. The fourth-order valence-electron chi connectivity index (χ4n) is 15.5. The number of hydrogen-bond acceptors (Lipinski definition) is 12. The van der Waals surface area contributed by atoms with Gasteiger partial charge in [0.15, 0.2) is 0 Å². The highest BCUT2D eigenvalue weighted by molar-refractivity contribution is 6.31. The van der Waals surface area contributed by atoms with Crippen LogP contribution in [-0.4, -0.2) is 163 Å². The molecule has 89 heavy (non-hydrogen) atoms. The van der Waals surface area contributed by atoms with Gasteiger partial charge in [0.25, 0.3) is 0 Å². The molecule has 0 aromatic heterocycles. The Kier molecular flexibility index (Phi) is 28.6. The molecular weight excluding hydrogens is 1140 g/mol. The summed E-state index contributed by atoms with van der Waals surface area (Å²) in [7, 11) is 4.32. The average molecular weight is 1260 g/mol. The van der Waals surface area contributed by atoms with Gasteiger partial charge in [-0.3, -0.25) is 14.7 Å². The van der Waals surface area contributed by atoms with E-state index < -0.39 is 11.7 Å². The Balaban J connectivity index is 1.18. The van der Waals surface area contributed by atoms with Gasteiger partial charge in [0.05, 0.1) is 23.0 Å². The number of piperidine rings is 1. The molecule has 6 N–H and O–H groups in total. The summed E-state index contributed by atoms with van der Waals surface area (Å²) in [5, 5.41) is 23.9. The molecule has 4 unspecified atom stereocenters. The molecule has 504 valence electrons. The second-order valence-corrected chi connectivity index (χ2v) is 29.7. The Bertz CT molecular complexity index is 2460. The number of halogens is 4. The molecule has 6 aliphatic rings. The van der Waals surface area contributed by atoms with Gasteiger partial charge in [-0.05, 0) is 145 Å². The van der Waals surface area contributed by atoms with E-state index in [2.05, 4.69) is 159 Å². The molecule has 1 amide bonds. The Labute approximate surface area is 543 Å². The first kappa shape index (κ1) is 72.8. The van der Waals surface area contributed by atoms with E-state index in [1.807, 2.05) is 24.7 Å². The molecular formula is C72H122ClF3N12O. The monoisotopic (exact) mass is 1260 g/mol. The minimum atomic E-state index is -4.51. The number of allylic oxidation sites excluding steroid dienone is 4. The number of rotatable bonds is 11. The SMILES string of the molecule is CC[C@H](C)[C@H]1CN[C@@H](CC(C)C)C(C)NCC2[C@@H](C(=O)N3CCC(C)CC3)CN2[C@@H](C(C)C)C(C)NC2(CCCC2)CNCCN=CC=C(CCc2ccc(C(F)(F)F)c(Cl)c2)NC=CN(C)C=C(CC2CCCCC2)N(C)C=C2CCCN2[C@@H](C)C(C)N1. The predicted molar refractivity (Wildman–Crippen MR) is 366 cm³/mol. The van der Waals surface area contributed by atoms with Gasteiger partial charge in [-0.15, -0.1) is 0 Å². The summed E-state index contributed by atoms with van der Waals surface area (Å²) in [6.45, 7) is 33.5. The molecule has 0 bridgehead atoms. The molecule has 3 saturated heterocycles. The highest BCUT2D eigenvalue weighted by Gasteiger charge is 2.50. The fourth-order valence-corrected chi connectivity index (χ4v) is 15.8. The molecule has 7 rings (SSSR count). The third kappa shape index (κ3) is 21.4. The predicted octanol–water partition coefficient (Wildman–Crippen LogP) is 13.2. The van der Waals surface area contributed by atoms with Crippen LogP contribution in [0.4, 0.5) is 13.2 Å². The molecule has 1 aromatic carbocycles. The van der Waals surface area contributed by atoms with Crippen LogP contribution in [0.25, 0.3) is 0 Å². The van der Waals surface area contributed by atoms with Crippen LogP contribution in [0.3, 0.4) is 0 Å². The zero-order valence-electron chi connectivity index (χ0n) is 57.5. The number of alkyl halides is 3. The summed E-state index contributed by atoms with van der Waals surface area (Å²) in [6, 6.07) is 5.88. The van der Waals surface area contributed by atoms with Crippen molar-refractivity contribution in [2.24, 2.45) is 40.5 Å². The molecule has 17 heteroatoms. The largest absolute Gasteiger partial charge is 0.417 e. The van der Waals surface area contributed by atoms with Gasteiger partial charge >= 0.3 is 6.18 Å². The van der Waals surface area contributed by atoms with E-state index in [0.717, 1.165) is 127 Å². The van der Waals surface area contributed by atoms with Crippen LogP contribution < -0.4 is 31.9 Å². The molecule has 5 fully saturated rings. The number of aliphatic imine (C=N–C) groups is 1. The van der Waals surface area contributed by atoms with Crippen LogP contribution in [0.5, 0.6) is 0 Å². The number of carbonyl (C=O) groups excluding carboxylic acids is 1. The van der Waals surface area contributed by atoms with Crippen molar-refractivity contribution >= 4 is 23.7 Å². The van der Waals surface area contributed by atoms with Crippen molar-refractivity contribution in [3.8, 4) is 0 Å². The van der Waals surface area contributed by atoms with E-state index in [9.17, 15) is 18.0 Å². The Hall–Kier alpha value is -3.64. The van der Waals surface area contributed by atoms with Gasteiger partial charge < -0.3 is 51.5 Å². The lowest BCUT2D eigenvalue weighted by Crippen LogP contribution is -2.72. The number of fused-ring (bicyclic) bond motifs is 2. The highest BCUT2D eigenvalue weighted by Crippen LogP contribution is 2.39. The van der Waals surface area contributed by atoms with Crippen molar-refractivity contribution in [1.82, 2.24) is 56.4 Å². The minimum absolute atomic E-state index is 0.0283. The van der Waals surface area contributed by atoms with Crippen LogP contribution in [0.15, 0.2) is 71.2 Å². The maximum atomic E-state index is 14.7. The number of aryl methyl sites for hydroxylation is 1. The van der Waals surface area contributed by atoms with Crippen LogP contribution in [0.2, 0.25) is 5.02 Å². The van der Waals surface area contributed by atoms with Gasteiger partial charge in [0, 0.05) is 168 Å². The number of amides is 1. The molecule has 10 atom stereocenters. The number of nitrogens with zero attached hydrogens (tertiary/aromatic N) is 6. The quantitative estimate of drug-likeness (QED) is 0.127.